The Morgan fingerprint density at radius 1 is 1.58 bits per heavy atom. The zero-order valence-electron chi connectivity index (χ0n) is 11.4. The Balaban J connectivity index is 1.98. The smallest absolute Gasteiger partial charge is 0.408 e. The molecule has 2 atom stereocenters. The Morgan fingerprint density at radius 2 is 2.32 bits per heavy atom. The van der Waals surface area contributed by atoms with Gasteiger partial charge in [-0.1, -0.05) is 0 Å². The molecule has 7 heteroatoms. The molecule has 0 spiro atoms. The molecule has 1 aliphatic rings. The van der Waals surface area contributed by atoms with E-state index in [1.807, 2.05) is 20.8 Å². The maximum Gasteiger partial charge on any atom is 0.408 e. The van der Waals surface area contributed by atoms with E-state index < -0.39 is 11.7 Å². The van der Waals surface area contributed by atoms with Crippen LogP contribution < -0.4 is 11.1 Å². The number of hydrogen-bond donors (Lipinski definition) is 2. The van der Waals surface area contributed by atoms with E-state index in [-0.39, 0.29) is 12.1 Å². The molecular weight excluding hydrogens is 248 g/mol. The summed E-state index contributed by atoms with van der Waals surface area (Å²) in [4.78, 5) is 11.8. The Labute approximate surface area is 112 Å². The van der Waals surface area contributed by atoms with Crippen LogP contribution in [0.2, 0.25) is 0 Å². The van der Waals surface area contributed by atoms with Gasteiger partial charge in [0.2, 0.25) is 0 Å². The molecule has 0 saturated carbocycles. The number of nitrogens with one attached hydrogen (secondary N) is 1. The van der Waals surface area contributed by atoms with Crippen molar-refractivity contribution in [2.24, 2.45) is 0 Å². The van der Waals surface area contributed by atoms with Gasteiger partial charge in [0.05, 0.1) is 37.2 Å². The van der Waals surface area contributed by atoms with E-state index >= 15 is 0 Å². The van der Waals surface area contributed by atoms with Crippen molar-refractivity contribution < 1.29 is 14.3 Å². The number of alkyl carbamates (subject to hydrolysis) is 1. The van der Waals surface area contributed by atoms with Gasteiger partial charge < -0.3 is 20.5 Å². The average molecular weight is 268 g/mol. The molecular formula is C12H20N4O3. The number of carbonyl (C=O) groups excluding carboxylic acids is 1. The van der Waals surface area contributed by atoms with E-state index in [0.717, 1.165) is 0 Å². The highest BCUT2D eigenvalue weighted by molar-refractivity contribution is 5.68. The van der Waals surface area contributed by atoms with Crippen LogP contribution in [0.25, 0.3) is 0 Å². The predicted octanol–water partition coefficient (Wildman–Crippen LogP) is 0.930. The van der Waals surface area contributed by atoms with Crippen molar-refractivity contribution in [1.29, 1.82) is 0 Å². The lowest BCUT2D eigenvalue weighted by molar-refractivity contribution is 0.0491. The first-order valence-electron chi connectivity index (χ1n) is 6.22. The second-order valence-electron chi connectivity index (χ2n) is 5.61. The van der Waals surface area contributed by atoms with Gasteiger partial charge >= 0.3 is 6.09 Å². The molecule has 106 valence electrons. The first-order valence-corrected chi connectivity index (χ1v) is 6.22. The van der Waals surface area contributed by atoms with Crippen molar-refractivity contribution in [2.75, 3.05) is 18.9 Å². The number of amides is 1. The van der Waals surface area contributed by atoms with Gasteiger partial charge in [-0.3, -0.25) is 4.68 Å². The summed E-state index contributed by atoms with van der Waals surface area (Å²) in [6, 6.07) is -0.237. The monoisotopic (exact) mass is 268 g/mol. The van der Waals surface area contributed by atoms with E-state index in [4.69, 9.17) is 15.2 Å². The summed E-state index contributed by atoms with van der Waals surface area (Å²) in [6.07, 6.45) is 2.85. The summed E-state index contributed by atoms with van der Waals surface area (Å²) in [5.41, 5.74) is 5.71. The zero-order valence-corrected chi connectivity index (χ0v) is 11.4. The highest BCUT2D eigenvalue weighted by Gasteiger charge is 2.32. The van der Waals surface area contributed by atoms with Crippen molar-refractivity contribution in [3.63, 3.8) is 0 Å². The topological polar surface area (TPSA) is 91.4 Å². The highest BCUT2D eigenvalue weighted by Crippen LogP contribution is 2.20. The SMILES string of the molecule is CC(C)(C)OC(=O)NC1COCC1n1cc(N)cn1. The molecule has 7 nitrogen and oxygen atoms in total. The standard InChI is InChI=1S/C12H20N4O3/c1-12(2,3)19-11(17)15-9-6-18-7-10(9)16-5-8(13)4-14-16/h4-5,9-10H,6-7,13H2,1-3H3,(H,15,17). The Morgan fingerprint density at radius 3 is 2.89 bits per heavy atom. The number of aromatic nitrogens is 2. The van der Waals surface area contributed by atoms with E-state index in [0.29, 0.717) is 18.9 Å². The Bertz CT molecular complexity index is 452. The third-order valence-corrected chi connectivity index (χ3v) is 2.71. The third-order valence-electron chi connectivity index (χ3n) is 2.71. The van der Waals surface area contributed by atoms with Gasteiger partial charge in [-0.05, 0) is 20.8 Å². The first kappa shape index (κ1) is 13.7. The molecule has 1 aromatic rings. The molecule has 1 aliphatic heterocycles. The van der Waals surface area contributed by atoms with E-state index in [1.54, 1.807) is 17.1 Å². The average Bonchev–Trinajstić information content (AvgIpc) is 2.83. The number of nitrogen functional groups attached to an aromatic ring is 1. The van der Waals surface area contributed by atoms with Crippen molar-refractivity contribution in [3.05, 3.63) is 12.4 Å². The molecule has 0 radical (unpaired) electrons. The lowest BCUT2D eigenvalue weighted by Crippen LogP contribution is -2.43. The molecule has 2 rings (SSSR count). The van der Waals surface area contributed by atoms with Crippen LogP contribution >= 0.6 is 0 Å². The fourth-order valence-corrected chi connectivity index (χ4v) is 1.93. The van der Waals surface area contributed by atoms with Crippen LogP contribution in [0, 0.1) is 0 Å². The molecule has 1 aromatic heterocycles. The Kier molecular flexibility index (Phi) is 3.66. The number of ether oxygens (including phenoxy) is 2. The molecule has 19 heavy (non-hydrogen) atoms. The van der Waals surface area contributed by atoms with Gasteiger partial charge in [0.1, 0.15) is 5.60 Å². The summed E-state index contributed by atoms with van der Waals surface area (Å²) >= 11 is 0. The molecule has 2 unspecified atom stereocenters. The summed E-state index contributed by atoms with van der Waals surface area (Å²) in [5.74, 6) is 0. The molecule has 1 fully saturated rings. The van der Waals surface area contributed by atoms with Crippen LogP contribution in [0.15, 0.2) is 12.4 Å². The molecule has 1 amide bonds. The second kappa shape index (κ2) is 5.08. The summed E-state index contributed by atoms with van der Waals surface area (Å²) in [5, 5.41) is 6.95. The summed E-state index contributed by atoms with van der Waals surface area (Å²) in [7, 11) is 0. The van der Waals surface area contributed by atoms with Gasteiger partial charge in [0.25, 0.3) is 0 Å². The van der Waals surface area contributed by atoms with Crippen molar-refractivity contribution >= 4 is 11.8 Å². The van der Waals surface area contributed by atoms with Gasteiger partial charge in [0.15, 0.2) is 0 Å². The van der Waals surface area contributed by atoms with Crippen LogP contribution in [0.3, 0.4) is 0 Å². The maximum atomic E-state index is 11.8. The van der Waals surface area contributed by atoms with Gasteiger partial charge in [-0.25, -0.2) is 4.79 Å². The second-order valence-corrected chi connectivity index (χ2v) is 5.61. The first-order chi connectivity index (χ1) is 8.85. The molecule has 2 heterocycles. The van der Waals surface area contributed by atoms with E-state index in [1.165, 1.54) is 0 Å². The van der Waals surface area contributed by atoms with Crippen LogP contribution in [-0.2, 0) is 9.47 Å². The van der Waals surface area contributed by atoms with Crippen molar-refractivity contribution in [1.82, 2.24) is 15.1 Å². The van der Waals surface area contributed by atoms with Crippen LogP contribution in [-0.4, -0.2) is 40.7 Å². The molecule has 0 bridgehead atoms. The quantitative estimate of drug-likeness (QED) is 0.832. The van der Waals surface area contributed by atoms with Gasteiger partial charge in [-0.2, -0.15) is 5.10 Å². The Hall–Kier alpha value is -1.76. The van der Waals surface area contributed by atoms with Crippen LogP contribution in [0.5, 0.6) is 0 Å². The molecule has 3 N–H and O–H groups in total. The minimum absolute atomic E-state index is 0.0650. The molecule has 0 aromatic carbocycles. The van der Waals surface area contributed by atoms with E-state index in [2.05, 4.69) is 10.4 Å². The third kappa shape index (κ3) is 3.60. The number of rotatable bonds is 2. The van der Waals surface area contributed by atoms with E-state index in [9.17, 15) is 4.79 Å². The number of anilines is 1. The lowest BCUT2D eigenvalue weighted by atomic mass is 10.2. The number of nitrogens with zero attached hydrogens (tertiary/aromatic N) is 2. The van der Waals surface area contributed by atoms with Gasteiger partial charge in [-0.15, -0.1) is 0 Å². The fourth-order valence-electron chi connectivity index (χ4n) is 1.93. The normalized spacial score (nSPS) is 23.3. The lowest BCUT2D eigenvalue weighted by Gasteiger charge is -2.23. The van der Waals surface area contributed by atoms with Crippen LogP contribution in [0.1, 0.15) is 26.8 Å². The van der Waals surface area contributed by atoms with Crippen molar-refractivity contribution in [2.45, 2.75) is 38.5 Å². The summed E-state index contributed by atoms with van der Waals surface area (Å²) < 4.78 is 12.3. The zero-order chi connectivity index (χ0) is 14.0. The number of carbonyl (C=O) groups is 1. The highest BCUT2D eigenvalue weighted by atomic mass is 16.6. The predicted molar refractivity (Wildman–Crippen MR) is 69.7 cm³/mol. The van der Waals surface area contributed by atoms with Gasteiger partial charge in [0, 0.05) is 6.20 Å². The molecule has 1 saturated heterocycles. The minimum atomic E-state index is -0.519. The number of hydrogen-bond acceptors (Lipinski definition) is 5. The summed E-state index contributed by atoms with van der Waals surface area (Å²) in [6.45, 7) is 6.39. The molecule has 0 aliphatic carbocycles. The largest absolute Gasteiger partial charge is 0.444 e. The fraction of sp³-hybridized carbons (Fsp3) is 0.667. The van der Waals surface area contributed by atoms with Crippen LogP contribution in [0.4, 0.5) is 10.5 Å². The minimum Gasteiger partial charge on any atom is -0.444 e. The van der Waals surface area contributed by atoms with Crippen molar-refractivity contribution in [3.8, 4) is 0 Å². The maximum absolute atomic E-state index is 11.8. The number of nitrogens with two attached hydrogens (primary N) is 1.